The van der Waals surface area contributed by atoms with Gasteiger partial charge in [-0.1, -0.05) is 20.8 Å². The first-order valence-electron chi connectivity index (χ1n) is 6.86. The smallest absolute Gasteiger partial charge is 0.221 e. The van der Waals surface area contributed by atoms with Crippen LogP contribution in [0.2, 0.25) is 0 Å². The molecule has 18 heavy (non-hydrogen) atoms. The lowest BCUT2D eigenvalue weighted by atomic mass is 9.87. The lowest BCUT2D eigenvalue weighted by Crippen LogP contribution is -2.42. The molecule has 1 aliphatic heterocycles. The van der Waals surface area contributed by atoms with Crippen molar-refractivity contribution in [1.82, 2.24) is 5.32 Å². The zero-order chi connectivity index (χ0) is 13.8. The predicted octanol–water partition coefficient (Wildman–Crippen LogP) is 1.83. The van der Waals surface area contributed by atoms with E-state index in [1.165, 1.54) is 0 Å². The van der Waals surface area contributed by atoms with Gasteiger partial charge in [0.25, 0.3) is 0 Å². The second kappa shape index (κ2) is 6.02. The third-order valence-corrected chi connectivity index (χ3v) is 3.28. The van der Waals surface area contributed by atoms with Crippen LogP contribution in [0.3, 0.4) is 0 Å². The summed E-state index contributed by atoms with van der Waals surface area (Å²) < 4.78 is 5.63. The number of carbonyl (C=O) groups is 1. The highest BCUT2D eigenvalue weighted by Gasteiger charge is 2.30. The van der Waals surface area contributed by atoms with Crippen LogP contribution in [0, 0.1) is 5.41 Å². The molecule has 0 spiro atoms. The molecule has 0 aromatic heterocycles. The Labute approximate surface area is 111 Å². The lowest BCUT2D eigenvalue weighted by molar-refractivity contribution is -0.122. The van der Waals surface area contributed by atoms with Gasteiger partial charge in [0, 0.05) is 25.6 Å². The van der Waals surface area contributed by atoms with Gasteiger partial charge in [-0.2, -0.15) is 0 Å². The van der Waals surface area contributed by atoms with Gasteiger partial charge in [-0.15, -0.1) is 0 Å². The molecule has 4 heteroatoms. The quantitative estimate of drug-likeness (QED) is 0.788. The van der Waals surface area contributed by atoms with Crippen molar-refractivity contribution in [2.45, 2.75) is 65.0 Å². The average Bonchev–Trinajstić information content (AvgIpc) is 2.60. The normalized spacial score (nSPS) is 26.1. The lowest BCUT2D eigenvalue weighted by Gasteiger charge is -2.25. The number of hydrogen-bond acceptors (Lipinski definition) is 3. The molecule has 2 unspecified atom stereocenters. The van der Waals surface area contributed by atoms with E-state index in [1.807, 2.05) is 0 Å². The minimum atomic E-state index is -0.177. The van der Waals surface area contributed by atoms with Crippen LogP contribution < -0.4 is 11.1 Å². The Kier molecular flexibility index (Phi) is 5.17. The fourth-order valence-electron chi connectivity index (χ4n) is 2.43. The van der Waals surface area contributed by atoms with Gasteiger partial charge in [-0.25, -0.2) is 0 Å². The van der Waals surface area contributed by atoms with Gasteiger partial charge < -0.3 is 15.8 Å². The SMILES string of the molecule is CC(C)(C)CC(N)CC(=O)NCC1(C)CCCO1. The molecule has 106 valence electrons. The molecule has 1 rings (SSSR count). The van der Waals surface area contributed by atoms with E-state index in [0.29, 0.717) is 13.0 Å². The molecule has 0 aliphatic carbocycles. The molecule has 0 aromatic carbocycles. The van der Waals surface area contributed by atoms with Crippen LogP contribution in [0.1, 0.15) is 53.4 Å². The minimum absolute atomic E-state index is 0.0310. The van der Waals surface area contributed by atoms with Crippen LogP contribution in [0.15, 0.2) is 0 Å². The summed E-state index contributed by atoms with van der Waals surface area (Å²) in [5, 5.41) is 2.94. The number of nitrogens with one attached hydrogen (secondary N) is 1. The number of hydrogen-bond donors (Lipinski definition) is 2. The maximum absolute atomic E-state index is 11.8. The maximum atomic E-state index is 11.8. The summed E-state index contributed by atoms with van der Waals surface area (Å²) in [6.07, 6.45) is 3.35. The fraction of sp³-hybridized carbons (Fsp3) is 0.929. The Bertz CT molecular complexity index is 278. The first-order chi connectivity index (χ1) is 8.20. The van der Waals surface area contributed by atoms with E-state index in [4.69, 9.17) is 10.5 Å². The van der Waals surface area contributed by atoms with Crippen LogP contribution in [0.5, 0.6) is 0 Å². The summed E-state index contributed by atoms with van der Waals surface area (Å²) in [7, 11) is 0. The summed E-state index contributed by atoms with van der Waals surface area (Å²) in [5.41, 5.74) is 5.98. The zero-order valence-corrected chi connectivity index (χ0v) is 12.2. The molecule has 0 saturated carbocycles. The zero-order valence-electron chi connectivity index (χ0n) is 12.2. The van der Waals surface area contributed by atoms with Crippen molar-refractivity contribution in [3.8, 4) is 0 Å². The highest BCUT2D eigenvalue weighted by atomic mass is 16.5. The molecule has 4 nitrogen and oxygen atoms in total. The van der Waals surface area contributed by atoms with E-state index in [0.717, 1.165) is 25.9 Å². The van der Waals surface area contributed by atoms with Gasteiger partial charge in [0.05, 0.1) is 5.60 Å². The molecule has 1 saturated heterocycles. The average molecular weight is 256 g/mol. The van der Waals surface area contributed by atoms with Crippen molar-refractivity contribution >= 4 is 5.91 Å². The fourth-order valence-corrected chi connectivity index (χ4v) is 2.43. The molecule has 2 atom stereocenters. The van der Waals surface area contributed by atoms with E-state index in [1.54, 1.807) is 0 Å². The Morgan fingerprint density at radius 2 is 2.17 bits per heavy atom. The summed E-state index contributed by atoms with van der Waals surface area (Å²) in [5.74, 6) is 0.0310. The van der Waals surface area contributed by atoms with Gasteiger partial charge in [0.1, 0.15) is 0 Å². The van der Waals surface area contributed by atoms with Crippen LogP contribution in [-0.4, -0.2) is 30.7 Å². The van der Waals surface area contributed by atoms with Crippen LogP contribution in [0.25, 0.3) is 0 Å². The largest absolute Gasteiger partial charge is 0.373 e. The van der Waals surface area contributed by atoms with Crippen molar-refractivity contribution < 1.29 is 9.53 Å². The van der Waals surface area contributed by atoms with E-state index in [9.17, 15) is 4.79 Å². The van der Waals surface area contributed by atoms with E-state index in [2.05, 4.69) is 33.0 Å². The maximum Gasteiger partial charge on any atom is 0.221 e. The van der Waals surface area contributed by atoms with Crippen molar-refractivity contribution in [1.29, 1.82) is 0 Å². The summed E-state index contributed by atoms with van der Waals surface area (Å²) in [4.78, 5) is 11.8. The molecular weight excluding hydrogens is 228 g/mol. The molecular formula is C14H28N2O2. The highest BCUT2D eigenvalue weighted by Crippen LogP contribution is 2.24. The first kappa shape index (κ1) is 15.4. The molecule has 0 radical (unpaired) electrons. The first-order valence-corrected chi connectivity index (χ1v) is 6.86. The van der Waals surface area contributed by atoms with Crippen LogP contribution in [0.4, 0.5) is 0 Å². The van der Waals surface area contributed by atoms with Gasteiger partial charge in [-0.3, -0.25) is 4.79 Å². The number of rotatable bonds is 5. The van der Waals surface area contributed by atoms with Crippen molar-refractivity contribution in [3.63, 3.8) is 0 Å². The van der Waals surface area contributed by atoms with Crippen molar-refractivity contribution in [2.24, 2.45) is 11.1 Å². The Morgan fingerprint density at radius 1 is 1.50 bits per heavy atom. The third-order valence-electron chi connectivity index (χ3n) is 3.28. The molecule has 3 N–H and O–H groups in total. The van der Waals surface area contributed by atoms with Gasteiger partial charge >= 0.3 is 0 Å². The van der Waals surface area contributed by atoms with Gasteiger partial charge in [0.2, 0.25) is 5.91 Å². The second-order valence-corrected chi connectivity index (χ2v) is 6.91. The number of nitrogens with two attached hydrogens (primary N) is 1. The Morgan fingerprint density at radius 3 is 2.67 bits per heavy atom. The monoisotopic (exact) mass is 256 g/mol. The summed E-state index contributed by atoms with van der Waals surface area (Å²) in [6, 6.07) is -0.0673. The van der Waals surface area contributed by atoms with Gasteiger partial charge in [0.15, 0.2) is 0 Å². The molecule has 1 heterocycles. The molecule has 1 fully saturated rings. The Balaban J connectivity index is 2.25. The Hall–Kier alpha value is -0.610. The van der Waals surface area contributed by atoms with Crippen LogP contribution in [-0.2, 0) is 9.53 Å². The third kappa shape index (κ3) is 5.83. The minimum Gasteiger partial charge on any atom is -0.373 e. The van der Waals surface area contributed by atoms with Crippen molar-refractivity contribution in [3.05, 3.63) is 0 Å². The molecule has 0 aromatic rings. The molecule has 1 aliphatic rings. The van der Waals surface area contributed by atoms with E-state index >= 15 is 0 Å². The molecule has 0 bridgehead atoms. The highest BCUT2D eigenvalue weighted by molar-refractivity contribution is 5.76. The van der Waals surface area contributed by atoms with Crippen molar-refractivity contribution in [2.75, 3.05) is 13.2 Å². The second-order valence-electron chi connectivity index (χ2n) is 6.91. The summed E-state index contributed by atoms with van der Waals surface area (Å²) >= 11 is 0. The topological polar surface area (TPSA) is 64.4 Å². The number of amides is 1. The number of ether oxygens (including phenoxy) is 1. The number of carbonyl (C=O) groups excluding carboxylic acids is 1. The van der Waals surface area contributed by atoms with E-state index in [-0.39, 0.29) is 23.0 Å². The van der Waals surface area contributed by atoms with Crippen LogP contribution >= 0.6 is 0 Å². The standard InChI is InChI=1S/C14H28N2O2/c1-13(2,3)9-11(15)8-12(17)16-10-14(4)6-5-7-18-14/h11H,5-10,15H2,1-4H3,(H,16,17). The van der Waals surface area contributed by atoms with E-state index < -0.39 is 0 Å². The van der Waals surface area contributed by atoms with Gasteiger partial charge in [-0.05, 0) is 31.6 Å². The predicted molar refractivity (Wildman–Crippen MR) is 73.3 cm³/mol. The molecule has 1 amide bonds. The summed E-state index contributed by atoms with van der Waals surface area (Å²) in [6.45, 7) is 9.86.